The lowest BCUT2D eigenvalue weighted by molar-refractivity contribution is -0.186. The highest BCUT2D eigenvalue weighted by molar-refractivity contribution is 5.82. The number of hydrogen-bond acceptors (Lipinski definition) is 1. The Bertz CT molecular complexity index is 542. The van der Waals surface area contributed by atoms with Crippen LogP contribution in [0.2, 0.25) is 0 Å². The molecule has 1 saturated heterocycles. The first-order valence-corrected chi connectivity index (χ1v) is 6.74. The van der Waals surface area contributed by atoms with Gasteiger partial charge >= 0.3 is 12.1 Å². The third kappa shape index (κ3) is 2.00. The van der Waals surface area contributed by atoms with Gasteiger partial charge in [-0.25, -0.2) is 0 Å². The predicted octanol–water partition coefficient (Wildman–Crippen LogP) is 3.28. The Hall–Kier alpha value is -1.52. The number of halogens is 3. The molecule has 108 valence electrons. The molecule has 0 aromatic heterocycles. The quantitative estimate of drug-likeness (QED) is 0.715. The average Bonchev–Trinajstić information content (AvgIpc) is 2.60. The van der Waals surface area contributed by atoms with Crippen molar-refractivity contribution in [1.82, 2.24) is 4.90 Å². The Labute approximate surface area is 115 Å². The predicted molar refractivity (Wildman–Crippen MR) is 68.7 cm³/mol. The lowest BCUT2D eigenvalue weighted by Crippen LogP contribution is -2.46. The van der Waals surface area contributed by atoms with Gasteiger partial charge in [0.2, 0.25) is 0 Å². The molecule has 0 radical (unpaired) electrons. The molecule has 0 spiro atoms. The largest absolute Gasteiger partial charge is 0.471 e. The van der Waals surface area contributed by atoms with E-state index < -0.39 is 12.1 Å². The summed E-state index contributed by atoms with van der Waals surface area (Å²) in [6, 6.07) is 4.16. The highest BCUT2D eigenvalue weighted by atomic mass is 19.4. The third-order valence-corrected chi connectivity index (χ3v) is 4.56. The first-order chi connectivity index (χ1) is 9.27. The molecule has 1 aliphatic heterocycles. The Morgan fingerprint density at radius 2 is 1.55 bits per heavy atom. The third-order valence-electron chi connectivity index (χ3n) is 4.56. The van der Waals surface area contributed by atoms with Crippen molar-refractivity contribution in [2.45, 2.75) is 38.3 Å². The van der Waals surface area contributed by atoms with Crippen molar-refractivity contribution < 1.29 is 18.0 Å². The van der Waals surface area contributed by atoms with Gasteiger partial charge in [-0.3, -0.25) is 4.79 Å². The number of likely N-dealkylation sites (tertiary alicyclic amines) is 1. The zero-order chi connectivity index (χ0) is 14.7. The van der Waals surface area contributed by atoms with Crippen molar-refractivity contribution in [3.63, 3.8) is 0 Å². The molecule has 1 amide bonds. The second-order valence-corrected chi connectivity index (χ2v) is 5.90. The summed E-state index contributed by atoms with van der Waals surface area (Å²) in [4.78, 5) is 12.4. The minimum Gasteiger partial charge on any atom is -0.334 e. The number of aryl methyl sites for hydroxylation is 2. The number of hydrogen-bond donors (Lipinski definition) is 0. The van der Waals surface area contributed by atoms with Gasteiger partial charge in [0.1, 0.15) is 0 Å². The maximum Gasteiger partial charge on any atom is 0.471 e. The molecule has 1 heterocycles. The van der Waals surface area contributed by atoms with Crippen LogP contribution in [0.1, 0.15) is 40.5 Å². The van der Waals surface area contributed by atoms with Crippen molar-refractivity contribution in [2.24, 2.45) is 0 Å². The molecule has 1 aromatic carbocycles. The molecule has 5 heteroatoms. The van der Waals surface area contributed by atoms with E-state index >= 15 is 0 Å². The van der Waals surface area contributed by atoms with Gasteiger partial charge in [-0.15, -0.1) is 0 Å². The summed E-state index contributed by atoms with van der Waals surface area (Å²) in [5.74, 6) is -1.60. The number of alkyl halides is 3. The van der Waals surface area contributed by atoms with Gasteiger partial charge in [-0.1, -0.05) is 12.1 Å². The molecule has 0 saturated carbocycles. The Balaban J connectivity index is 1.92. The molecule has 20 heavy (non-hydrogen) atoms. The lowest BCUT2D eigenvalue weighted by Gasteiger charge is -2.32. The van der Waals surface area contributed by atoms with Crippen molar-refractivity contribution in [3.05, 3.63) is 34.4 Å². The summed E-state index contributed by atoms with van der Waals surface area (Å²) in [6.45, 7) is 4.39. The molecule has 2 unspecified atom stereocenters. The zero-order valence-electron chi connectivity index (χ0n) is 11.4. The minimum absolute atomic E-state index is 0.0503. The number of amides is 1. The van der Waals surface area contributed by atoms with Crippen LogP contribution in [0.3, 0.4) is 0 Å². The minimum atomic E-state index is -4.77. The topological polar surface area (TPSA) is 20.3 Å². The van der Waals surface area contributed by atoms with Crippen LogP contribution in [0, 0.1) is 13.8 Å². The molecule has 2 nitrogen and oxygen atoms in total. The molecule has 2 aliphatic rings. The number of rotatable bonds is 0. The van der Waals surface area contributed by atoms with Crippen molar-refractivity contribution in [2.75, 3.05) is 13.1 Å². The summed E-state index contributed by atoms with van der Waals surface area (Å²) in [5, 5.41) is 0. The fourth-order valence-corrected chi connectivity index (χ4v) is 3.46. The van der Waals surface area contributed by atoms with Gasteiger partial charge in [0.05, 0.1) is 0 Å². The Morgan fingerprint density at radius 3 is 1.95 bits per heavy atom. The highest BCUT2D eigenvalue weighted by Crippen LogP contribution is 2.47. The summed E-state index contributed by atoms with van der Waals surface area (Å²) < 4.78 is 37.7. The fourth-order valence-electron chi connectivity index (χ4n) is 3.46. The number of nitrogens with zero attached hydrogens (tertiary/aromatic N) is 1. The maximum absolute atomic E-state index is 12.6. The fraction of sp³-hybridized carbons (Fsp3) is 0.533. The van der Waals surface area contributed by atoms with E-state index in [1.165, 1.54) is 0 Å². The molecular weight excluding hydrogens is 267 g/mol. The number of benzene rings is 1. The smallest absolute Gasteiger partial charge is 0.334 e. The van der Waals surface area contributed by atoms with E-state index in [1.807, 2.05) is 13.8 Å². The van der Waals surface area contributed by atoms with Gasteiger partial charge in [0.25, 0.3) is 0 Å². The van der Waals surface area contributed by atoms with Gasteiger partial charge in [-0.2, -0.15) is 13.2 Å². The summed E-state index contributed by atoms with van der Waals surface area (Å²) in [7, 11) is 0. The van der Waals surface area contributed by atoms with Crippen LogP contribution in [0.15, 0.2) is 12.1 Å². The molecule has 1 aromatic rings. The molecular formula is C15H16F3NO. The first-order valence-electron chi connectivity index (χ1n) is 6.74. The monoisotopic (exact) mass is 283 g/mol. The number of carbonyl (C=O) groups excluding carboxylic acids is 1. The molecule has 2 bridgehead atoms. The lowest BCUT2D eigenvalue weighted by atomic mass is 9.95. The molecule has 1 aliphatic carbocycles. The summed E-state index contributed by atoms with van der Waals surface area (Å²) in [6.07, 6.45) is -3.91. The zero-order valence-corrected chi connectivity index (χ0v) is 11.4. The Morgan fingerprint density at radius 1 is 1.10 bits per heavy atom. The van der Waals surface area contributed by atoms with Gasteiger partial charge in [-0.05, 0) is 42.5 Å². The first kappa shape index (κ1) is 13.5. The Kier molecular flexibility index (Phi) is 2.85. The van der Waals surface area contributed by atoms with E-state index in [0.29, 0.717) is 0 Å². The van der Waals surface area contributed by atoms with E-state index in [9.17, 15) is 18.0 Å². The SMILES string of the molecule is Cc1cc2c(cc1C)C1CC2CN(C(=O)C(F)(F)F)C1. The van der Waals surface area contributed by atoms with Crippen LogP contribution >= 0.6 is 0 Å². The van der Waals surface area contributed by atoms with E-state index in [0.717, 1.165) is 33.6 Å². The second kappa shape index (κ2) is 4.24. The molecule has 1 fully saturated rings. The van der Waals surface area contributed by atoms with Crippen molar-refractivity contribution in [3.8, 4) is 0 Å². The van der Waals surface area contributed by atoms with Crippen molar-refractivity contribution in [1.29, 1.82) is 0 Å². The van der Waals surface area contributed by atoms with Crippen molar-refractivity contribution >= 4 is 5.91 Å². The van der Waals surface area contributed by atoms with Gasteiger partial charge in [0, 0.05) is 24.9 Å². The summed E-state index contributed by atoms with van der Waals surface area (Å²) >= 11 is 0. The number of carbonyl (C=O) groups is 1. The normalized spacial score (nSPS) is 24.8. The highest BCUT2D eigenvalue weighted by Gasteiger charge is 2.47. The van der Waals surface area contributed by atoms with E-state index in [1.54, 1.807) is 0 Å². The van der Waals surface area contributed by atoms with E-state index in [2.05, 4.69) is 12.1 Å². The van der Waals surface area contributed by atoms with Crippen LogP contribution in [0.25, 0.3) is 0 Å². The number of piperidine rings is 1. The molecule has 0 N–H and O–H groups in total. The molecule has 3 rings (SSSR count). The summed E-state index contributed by atoms with van der Waals surface area (Å²) in [5.41, 5.74) is 4.58. The van der Waals surface area contributed by atoms with E-state index in [4.69, 9.17) is 0 Å². The van der Waals surface area contributed by atoms with Crippen LogP contribution in [-0.2, 0) is 4.79 Å². The average molecular weight is 283 g/mol. The van der Waals surface area contributed by atoms with Gasteiger partial charge in [0.15, 0.2) is 0 Å². The van der Waals surface area contributed by atoms with Crippen LogP contribution in [0.5, 0.6) is 0 Å². The van der Waals surface area contributed by atoms with E-state index in [-0.39, 0.29) is 24.9 Å². The standard InChI is InChI=1S/C15H16F3NO/c1-8-3-12-10-5-11(13(12)4-9(8)2)7-19(6-10)14(20)15(16,17)18/h3-4,10-11H,5-7H2,1-2H3. The number of fused-ring (bicyclic) bond motifs is 5. The van der Waals surface area contributed by atoms with Crippen LogP contribution in [-0.4, -0.2) is 30.1 Å². The second-order valence-electron chi connectivity index (χ2n) is 5.90. The van der Waals surface area contributed by atoms with Gasteiger partial charge < -0.3 is 4.90 Å². The molecule has 2 atom stereocenters. The maximum atomic E-state index is 12.6. The van der Waals surface area contributed by atoms with Crippen LogP contribution in [0.4, 0.5) is 13.2 Å². The van der Waals surface area contributed by atoms with Crippen LogP contribution < -0.4 is 0 Å².